The van der Waals surface area contributed by atoms with Gasteiger partial charge in [0.15, 0.2) is 0 Å². The summed E-state index contributed by atoms with van der Waals surface area (Å²) >= 11 is 0. The van der Waals surface area contributed by atoms with Crippen molar-refractivity contribution < 1.29 is 5.11 Å². The zero-order chi connectivity index (χ0) is 12.3. The number of aliphatic hydroxyl groups excluding tert-OH is 1. The van der Waals surface area contributed by atoms with Crippen molar-refractivity contribution in [2.75, 3.05) is 37.6 Å². The van der Waals surface area contributed by atoms with Crippen molar-refractivity contribution in [2.24, 2.45) is 0 Å². The van der Waals surface area contributed by atoms with Gasteiger partial charge in [-0.15, -0.1) is 0 Å². The minimum absolute atomic E-state index is 0.222. The molecule has 17 heavy (non-hydrogen) atoms. The van der Waals surface area contributed by atoms with Crippen LogP contribution in [0.25, 0.3) is 0 Å². The third-order valence-corrected chi connectivity index (χ3v) is 3.35. The van der Waals surface area contributed by atoms with E-state index in [4.69, 9.17) is 0 Å². The van der Waals surface area contributed by atoms with Crippen LogP contribution in [0.3, 0.4) is 0 Å². The summed E-state index contributed by atoms with van der Waals surface area (Å²) in [7, 11) is 0. The molecule has 1 atom stereocenters. The molecule has 0 radical (unpaired) electrons. The standard InChI is InChI=1S/C14H22N2O/c1-12-5-3-4-6-14(12)16-9-7-15(8-10-16)11-13(2)17/h3-6,13,17H,7-11H2,1-2H3. The van der Waals surface area contributed by atoms with Crippen molar-refractivity contribution in [3.05, 3.63) is 29.8 Å². The van der Waals surface area contributed by atoms with Crippen molar-refractivity contribution in [1.29, 1.82) is 0 Å². The summed E-state index contributed by atoms with van der Waals surface area (Å²) in [5, 5.41) is 9.38. The highest BCUT2D eigenvalue weighted by Crippen LogP contribution is 2.20. The molecule has 1 aromatic rings. The molecule has 94 valence electrons. The van der Waals surface area contributed by atoms with Crippen molar-refractivity contribution >= 4 is 5.69 Å². The van der Waals surface area contributed by atoms with E-state index in [-0.39, 0.29) is 6.10 Å². The van der Waals surface area contributed by atoms with Gasteiger partial charge in [0, 0.05) is 38.4 Å². The molecule has 0 aromatic heterocycles. The van der Waals surface area contributed by atoms with Crippen LogP contribution in [0.2, 0.25) is 0 Å². The Balaban J connectivity index is 1.93. The van der Waals surface area contributed by atoms with Crippen LogP contribution in [0.4, 0.5) is 5.69 Å². The summed E-state index contributed by atoms with van der Waals surface area (Å²) in [6.45, 7) is 9.00. The average Bonchev–Trinajstić information content (AvgIpc) is 2.30. The third-order valence-electron chi connectivity index (χ3n) is 3.35. The van der Waals surface area contributed by atoms with Crippen LogP contribution in [-0.2, 0) is 0 Å². The smallest absolute Gasteiger partial charge is 0.0639 e. The average molecular weight is 234 g/mol. The maximum atomic E-state index is 9.38. The second-order valence-electron chi connectivity index (χ2n) is 4.92. The van der Waals surface area contributed by atoms with Crippen LogP contribution in [-0.4, -0.2) is 48.8 Å². The van der Waals surface area contributed by atoms with Crippen LogP contribution < -0.4 is 4.90 Å². The summed E-state index contributed by atoms with van der Waals surface area (Å²) in [4.78, 5) is 4.77. The molecule has 3 nitrogen and oxygen atoms in total. The van der Waals surface area contributed by atoms with Gasteiger partial charge in [0.05, 0.1) is 6.10 Å². The third kappa shape index (κ3) is 3.20. The predicted molar refractivity (Wildman–Crippen MR) is 71.5 cm³/mol. The van der Waals surface area contributed by atoms with Crippen molar-refractivity contribution in [3.63, 3.8) is 0 Å². The molecule has 0 amide bonds. The van der Waals surface area contributed by atoms with Crippen LogP contribution in [0.1, 0.15) is 12.5 Å². The molecule has 1 aliphatic rings. The number of aryl methyl sites for hydroxylation is 1. The minimum Gasteiger partial charge on any atom is -0.392 e. The molecule has 3 heteroatoms. The van der Waals surface area contributed by atoms with E-state index < -0.39 is 0 Å². The Morgan fingerprint density at radius 3 is 2.41 bits per heavy atom. The van der Waals surface area contributed by atoms with Gasteiger partial charge >= 0.3 is 0 Å². The van der Waals surface area contributed by atoms with Gasteiger partial charge in [0.25, 0.3) is 0 Å². The SMILES string of the molecule is Cc1ccccc1N1CCN(CC(C)O)CC1. The number of anilines is 1. The molecule has 0 aliphatic carbocycles. The fourth-order valence-electron chi connectivity index (χ4n) is 2.46. The Morgan fingerprint density at radius 2 is 1.82 bits per heavy atom. The quantitative estimate of drug-likeness (QED) is 0.858. The Hall–Kier alpha value is -1.06. The molecule has 1 unspecified atom stereocenters. The Kier molecular flexibility index (Phi) is 4.02. The Labute approximate surface area is 104 Å². The van der Waals surface area contributed by atoms with Gasteiger partial charge in [-0.25, -0.2) is 0 Å². The number of aliphatic hydroxyl groups is 1. The second kappa shape index (κ2) is 5.52. The summed E-state index contributed by atoms with van der Waals surface area (Å²) in [6.07, 6.45) is -0.222. The zero-order valence-corrected chi connectivity index (χ0v) is 10.8. The van der Waals surface area contributed by atoms with Crippen molar-refractivity contribution in [1.82, 2.24) is 4.90 Å². The van der Waals surface area contributed by atoms with Gasteiger partial charge in [-0.2, -0.15) is 0 Å². The van der Waals surface area contributed by atoms with Gasteiger partial charge < -0.3 is 10.0 Å². The summed E-state index contributed by atoms with van der Waals surface area (Å²) in [5.74, 6) is 0. The molecular formula is C14H22N2O. The molecule has 1 heterocycles. The molecule has 1 aromatic carbocycles. The number of piperazine rings is 1. The zero-order valence-electron chi connectivity index (χ0n) is 10.8. The lowest BCUT2D eigenvalue weighted by Crippen LogP contribution is -2.48. The topological polar surface area (TPSA) is 26.7 Å². The van der Waals surface area contributed by atoms with E-state index in [0.717, 1.165) is 32.7 Å². The normalized spacial score (nSPS) is 19.4. The van der Waals surface area contributed by atoms with E-state index in [9.17, 15) is 5.11 Å². The predicted octanol–water partition coefficient (Wildman–Crippen LogP) is 1.50. The van der Waals surface area contributed by atoms with Gasteiger partial charge in [-0.05, 0) is 25.5 Å². The number of para-hydroxylation sites is 1. The highest BCUT2D eigenvalue weighted by Gasteiger charge is 2.18. The van der Waals surface area contributed by atoms with E-state index >= 15 is 0 Å². The molecule has 1 fully saturated rings. The van der Waals surface area contributed by atoms with Gasteiger partial charge in [-0.3, -0.25) is 4.90 Å². The van der Waals surface area contributed by atoms with E-state index in [0.29, 0.717) is 0 Å². The first-order valence-corrected chi connectivity index (χ1v) is 6.38. The monoisotopic (exact) mass is 234 g/mol. The number of β-amino-alcohol motifs (C(OH)–C–C–N with tert-alkyl or cyclic N) is 1. The highest BCUT2D eigenvalue weighted by atomic mass is 16.3. The minimum atomic E-state index is -0.222. The second-order valence-corrected chi connectivity index (χ2v) is 4.92. The lowest BCUT2D eigenvalue weighted by Gasteiger charge is -2.37. The number of benzene rings is 1. The molecular weight excluding hydrogens is 212 g/mol. The summed E-state index contributed by atoms with van der Waals surface area (Å²) in [5.41, 5.74) is 2.70. The molecule has 0 saturated carbocycles. The Morgan fingerprint density at radius 1 is 1.18 bits per heavy atom. The van der Waals surface area contributed by atoms with Gasteiger partial charge in [0.1, 0.15) is 0 Å². The van der Waals surface area contributed by atoms with Crippen LogP contribution in [0.5, 0.6) is 0 Å². The molecule has 1 aliphatic heterocycles. The largest absolute Gasteiger partial charge is 0.392 e. The maximum Gasteiger partial charge on any atom is 0.0639 e. The van der Waals surface area contributed by atoms with Gasteiger partial charge in [-0.1, -0.05) is 18.2 Å². The fraction of sp³-hybridized carbons (Fsp3) is 0.571. The molecule has 0 spiro atoms. The maximum absolute atomic E-state index is 9.38. The number of nitrogens with zero attached hydrogens (tertiary/aromatic N) is 2. The first-order chi connectivity index (χ1) is 8.16. The lowest BCUT2D eigenvalue weighted by atomic mass is 10.1. The number of hydrogen-bond acceptors (Lipinski definition) is 3. The first kappa shape index (κ1) is 12.4. The fourth-order valence-corrected chi connectivity index (χ4v) is 2.46. The first-order valence-electron chi connectivity index (χ1n) is 6.38. The van der Waals surface area contributed by atoms with E-state index in [2.05, 4.69) is 41.0 Å². The highest BCUT2D eigenvalue weighted by molar-refractivity contribution is 5.53. The van der Waals surface area contributed by atoms with Crippen LogP contribution in [0, 0.1) is 6.92 Å². The number of hydrogen-bond donors (Lipinski definition) is 1. The molecule has 0 bridgehead atoms. The van der Waals surface area contributed by atoms with Crippen LogP contribution in [0.15, 0.2) is 24.3 Å². The molecule has 1 saturated heterocycles. The lowest BCUT2D eigenvalue weighted by molar-refractivity contribution is 0.122. The van der Waals surface area contributed by atoms with Crippen molar-refractivity contribution in [2.45, 2.75) is 20.0 Å². The van der Waals surface area contributed by atoms with Gasteiger partial charge in [0.2, 0.25) is 0 Å². The molecule has 1 N–H and O–H groups in total. The van der Waals surface area contributed by atoms with E-state index in [1.165, 1.54) is 11.3 Å². The Bertz CT molecular complexity index is 357. The summed E-state index contributed by atoms with van der Waals surface area (Å²) < 4.78 is 0. The van der Waals surface area contributed by atoms with E-state index in [1.54, 1.807) is 0 Å². The molecule has 2 rings (SSSR count). The van der Waals surface area contributed by atoms with Crippen molar-refractivity contribution in [3.8, 4) is 0 Å². The summed E-state index contributed by atoms with van der Waals surface area (Å²) in [6, 6.07) is 8.55. The van der Waals surface area contributed by atoms with Crippen LogP contribution >= 0.6 is 0 Å². The number of rotatable bonds is 3. The van der Waals surface area contributed by atoms with E-state index in [1.807, 2.05) is 6.92 Å².